The summed E-state index contributed by atoms with van der Waals surface area (Å²) in [6.07, 6.45) is 6.07. The lowest BCUT2D eigenvalue weighted by molar-refractivity contribution is -0.189. The van der Waals surface area contributed by atoms with Gasteiger partial charge < -0.3 is 15.3 Å². The van der Waals surface area contributed by atoms with E-state index in [-0.39, 0.29) is 34.7 Å². The molecule has 0 aliphatic heterocycles. The maximum atomic E-state index is 12.3. The Bertz CT molecular complexity index is 576. The lowest BCUT2D eigenvalue weighted by Gasteiger charge is -2.62. The first-order chi connectivity index (χ1) is 11.6. The Hall–Kier alpha value is -0.450. The molecule has 0 bridgehead atoms. The molecule has 0 saturated heterocycles. The number of hydrogen-bond donors (Lipinski definition) is 3. The molecule has 4 rings (SSSR count). The summed E-state index contributed by atoms with van der Waals surface area (Å²) in [5.74, 6) is 1.35. The van der Waals surface area contributed by atoms with E-state index in [9.17, 15) is 20.1 Å². The highest BCUT2D eigenvalue weighted by molar-refractivity contribution is 5.86. The van der Waals surface area contributed by atoms with Gasteiger partial charge in [-0.05, 0) is 87.4 Å². The van der Waals surface area contributed by atoms with Crippen molar-refractivity contribution in [2.75, 3.05) is 0 Å². The molecular formula is C21H34O4. The predicted molar refractivity (Wildman–Crippen MR) is 94.8 cm³/mol. The highest BCUT2D eigenvalue weighted by Gasteiger charge is 2.67. The van der Waals surface area contributed by atoms with Gasteiger partial charge in [0.15, 0.2) is 5.78 Å². The maximum Gasteiger partial charge on any atom is 0.161 e. The zero-order valence-electron chi connectivity index (χ0n) is 15.9. The Morgan fingerprint density at radius 1 is 0.920 bits per heavy atom. The molecule has 4 heteroatoms. The van der Waals surface area contributed by atoms with Crippen LogP contribution in [0.2, 0.25) is 0 Å². The molecule has 25 heavy (non-hydrogen) atoms. The van der Waals surface area contributed by atoms with Crippen LogP contribution in [0.3, 0.4) is 0 Å². The fourth-order valence-electron chi connectivity index (χ4n) is 7.87. The van der Waals surface area contributed by atoms with Gasteiger partial charge in [0.05, 0.1) is 12.2 Å². The first kappa shape index (κ1) is 17.9. The van der Waals surface area contributed by atoms with Crippen molar-refractivity contribution in [3.63, 3.8) is 0 Å². The van der Waals surface area contributed by atoms with Gasteiger partial charge in [-0.25, -0.2) is 0 Å². The summed E-state index contributed by atoms with van der Waals surface area (Å²) < 4.78 is 0. The van der Waals surface area contributed by atoms with Crippen LogP contribution in [0.1, 0.15) is 72.1 Å². The summed E-state index contributed by atoms with van der Waals surface area (Å²) >= 11 is 0. The van der Waals surface area contributed by atoms with Gasteiger partial charge in [0.1, 0.15) is 5.60 Å². The van der Waals surface area contributed by atoms with E-state index in [1.54, 1.807) is 0 Å². The molecule has 0 amide bonds. The Morgan fingerprint density at radius 2 is 1.60 bits per heavy atom. The second-order valence-corrected chi connectivity index (χ2v) is 10.1. The monoisotopic (exact) mass is 350 g/mol. The van der Waals surface area contributed by atoms with Crippen molar-refractivity contribution in [2.45, 2.75) is 89.9 Å². The highest BCUT2D eigenvalue weighted by atomic mass is 16.3. The molecule has 0 heterocycles. The first-order valence-electron chi connectivity index (χ1n) is 10.2. The van der Waals surface area contributed by atoms with Crippen molar-refractivity contribution >= 4 is 5.78 Å². The van der Waals surface area contributed by atoms with Gasteiger partial charge in [-0.2, -0.15) is 0 Å². The number of aliphatic hydroxyl groups excluding tert-OH is 2. The molecule has 9 atom stereocenters. The molecule has 0 aromatic carbocycles. The largest absolute Gasteiger partial charge is 0.393 e. The van der Waals surface area contributed by atoms with Gasteiger partial charge in [0, 0.05) is 5.41 Å². The molecule has 0 radical (unpaired) electrons. The molecule has 3 N–H and O–H groups in total. The number of hydrogen-bond acceptors (Lipinski definition) is 4. The van der Waals surface area contributed by atoms with Crippen molar-refractivity contribution in [3.8, 4) is 0 Å². The zero-order chi connectivity index (χ0) is 18.2. The Kier molecular flexibility index (Phi) is 3.97. The van der Waals surface area contributed by atoms with E-state index in [0.717, 1.165) is 44.9 Å². The Balaban J connectivity index is 1.68. The van der Waals surface area contributed by atoms with E-state index < -0.39 is 5.60 Å². The lowest BCUT2D eigenvalue weighted by Crippen LogP contribution is -2.61. The van der Waals surface area contributed by atoms with Crippen LogP contribution in [0.25, 0.3) is 0 Å². The highest BCUT2D eigenvalue weighted by Crippen LogP contribution is 2.68. The van der Waals surface area contributed by atoms with Crippen LogP contribution in [0.15, 0.2) is 0 Å². The number of Topliss-reactive ketones (excluding diaryl/α,β-unsaturated/α-hetero) is 1. The van der Waals surface area contributed by atoms with E-state index in [2.05, 4.69) is 13.8 Å². The fourth-order valence-corrected chi connectivity index (χ4v) is 7.87. The minimum Gasteiger partial charge on any atom is -0.393 e. The van der Waals surface area contributed by atoms with Gasteiger partial charge in [0.25, 0.3) is 0 Å². The van der Waals surface area contributed by atoms with E-state index in [1.807, 2.05) is 0 Å². The summed E-state index contributed by atoms with van der Waals surface area (Å²) in [5.41, 5.74) is -1.45. The number of ketones is 1. The van der Waals surface area contributed by atoms with Gasteiger partial charge in [0.2, 0.25) is 0 Å². The zero-order valence-corrected chi connectivity index (χ0v) is 15.9. The van der Waals surface area contributed by atoms with Crippen molar-refractivity contribution in [1.82, 2.24) is 0 Å². The number of carbonyl (C=O) groups excluding carboxylic acids is 1. The van der Waals surface area contributed by atoms with Crippen LogP contribution in [0, 0.1) is 34.5 Å². The molecular weight excluding hydrogens is 316 g/mol. The quantitative estimate of drug-likeness (QED) is 0.679. The topological polar surface area (TPSA) is 77.8 Å². The van der Waals surface area contributed by atoms with Crippen LogP contribution in [0.4, 0.5) is 0 Å². The summed E-state index contributed by atoms with van der Waals surface area (Å²) in [6, 6.07) is 0. The minimum atomic E-state index is -1.19. The van der Waals surface area contributed by atoms with Crippen LogP contribution >= 0.6 is 0 Å². The van der Waals surface area contributed by atoms with Gasteiger partial charge in [-0.3, -0.25) is 4.79 Å². The van der Waals surface area contributed by atoms with E-state index in [0.29, 0.717) is 24.2 Å². The first-order valence-corrected chi connectivity index (χ1v) is 10.2. The molecule has 0 spiro atoms. The molecule has 4 saturated carbocycles. The minimum absolute atomic E-state index is 0.0832. The Labute approximate surface area is 151 Å². The molecule has 0 aromatic rings. The molecule has 4 nitrogen and oxygen atoms in total. The summed E-state index contributed by atoms with van der Waals surface area (Å²) in [5, 5.41) is 32.2. The van der Waals surface area contributed by atoms with Crippen molar-refractivity contribution in [3.05, 3.63) is 0 Å². The second kappa shape index (κ2) is 5.53. The molecule has 4 fully saturated rings. The third-order valence-electron chi connectivity index (χ3n) is 9.39. The molecule has 6 unspecified atom stereocenters. The molecule has 0 aromatic heterocycles. The smallest absolute Gasteiger partial charge is 0.161 e. The summed E-state index contributed by atoms with van der Waals surface area (Å²) in [6.45, 7) is 5.99. The van der Waals surface area contributed by atoms with Gasteiger partial charge in [-0.15, -0.1) is 0 Å². The molecule has 142 valence electrons. The van der Waals surface area contributed by atoms with Crippen molar-refractivity contribution in [2.24, 2.45) is 34.5 Å². The SMILES string of the molecule is CC(=O)[C@@]1(O)CCC2C3C[C@H](O)C4C[C@H](O)CCC4(C)C3CCC21C. The average molecular weight is 350 g/mol. The lowest BCUT2D eigenvalue weighted by atomic mass is 9.43. The van der Waals surface area contributed by atoms with Gasteiger partial charge >= 0.3 is 0 Å². The number of aliphatic hydroxyl groups is 3. The third-order valence-corrected chi connectivity index (χ3v) is 9.39. The predicted octanol–water partition coefficient (Wildman–Crippen LogP) is 2.68. The van der Waals surface area contributed by atoms with E-state index >= 15 is 0 Å². The van der Waals surface area contributed by atoms with E-state index in [4.69, 9.17) is 0 Å². The van der Waals surface area contributed by atoms with Crippen LogP contribution < -0.4 is 0 Å². The number of carbonyl (C=O) groups is 1. The fraction of sp³-hybridized carbons (Fsp3) is 0.952. The third kappa shape index (κ3) is 2.20. The average Bonchev–Trinajstić information content (AvgIpc) is 2.83. The molecule has 4 aliphatic carbocycles. The molecule has 4 aliphatic rings. The van der Waals surface area contributed by atoms with Crippen LogP contribution in [0.5, 0.6) is 0 Å². The number of rotatable bonds is 1. The Morgan fingerprint density at radius 3 is 2.28 bits per heavy atom. The van der Waals surface area contributed by atoms with Crippen LogP contribution in [-0.4, -0.2) is 38.9 Å². The van der Waals surface area contributed by atoms with Crippen molar-refractivity contribution < 1.29 is 20.1 Å². The normalized spacial score (nSPS) is 58.2. The summed E-state index contributed by atoms with van der Waals surface area (Å²) in [4.78, 5) is 12.3. The maximum absolute atomic E-state index is 12.3. The second-order valence-electron chi connectivity index (χ2n) is 10.1. The van der Waals surface area contributed by atoms with E-state index in [1.165, 1.54) is 6.92 Å². The standard InChI is InChI=1S/C21H34O4/c1-12(22)21(25)9-6-16-14-11-18(24)17-10-13(23)4-7-19(17,2)15(14)5-8-20(16,21)3/h13-18,23-25H,4-11H2,1-3H3/t13-,14?,15?,16?,17?,18+,19?,20?,21+/m1/s1. The van der Waals surface area contributed by atoms with Crippen LogP contribution in [-0.2, 0) is 4.79 Å². The summed E-state index contributed by atoms with van der Waals surface area (Å²) in [7, 11) is 0. The van der Waals surface area contributed by atoms with Gasteiger partial charge in [-0.1, -0.05) is 13.8 Å². The van der Waals surface area contributed by atoms with Crippen molar-refractivity contribution in [1.29, 1.82) is 0 Å². The number of fused-ring (bicyclic) bond motifs is 5.